The highest BCUT2D eigenvalue weighted by Gasteiger charge is 2.30. The lowest BCUT2D eigenvalue weighted by atomic mass is 10.1. The molecule has 138 valence electrons. The zero-order valence-electron chi connectivity index (χ0n) is 14.7. The molecular weight excluding hydrogens is 341 g/mol. The van der Waals surface area contributed by atoms with Crippen molar-refractivity contribution in [2.75, 3.05) is 44.7 Å². The molecule has 1 N–H and O–H groups in total. The van der Waals surface area contributed by atoms with Crippen LogP contribution in [0.5, 0.6) is 5.75 Å². The summed E-state index contributed by atoms with van der Waals surface area (Å²) >= 11 is 0. The van der Waals surface area contributed by atoms with E-state index in [0.717, 1.165) is 19.2 Å². The standard InChI is InChI=1S/C18H20FN3O4/c1-10-9-26-17-14-11(16(23)12(18(24)25)8-22(10)14)7-13(19)15(17)21-5-3-20(2)4-6-21/h7-8,10H,3-6,9H2,1-2H3,(H,24,25)/t10-/m1/s1. The average molecular weight is 361 g/mol. The van der Waals surface area contributed by atoms with Crippen LogP contribution in [-0.2, 0) is 0 Å². The molecule has 0 spiro atoms. The fourth-order valence-corrected chi connectivity index (χ4v) is 3.69. The molecule has 2 aromatic rings. The summed E-state index contributed by atoms with van der Waals surface area (Å²) in [6, 6.07) is 0.994. The molecule has 1 saturated heterocycles. The molecule has 3 heterocycles. The fourth-order valence-electron chi connectivity index (χ4n) is 3.69. The summed E-state index contributed by atoms with van der Waals surface area (Å²) < 4.78 is 22.6. The van der Waals surface area contributed by atoms with Gasteiger partial charge < -0.3 is 24.2 Å². The maximum Gasteiger partial charge on any atom is 0.341 e. The van der Waals surface area contributed by atoms with Crippen molar-refractivity contribution in [3.05, 3.63) is 33.9 Å². The maximum absolute atomic E-state index is 15.0. The van der Waals surface area contributed by atoms with Gasteiger partial charge in [-0.15, -0.1) is 0 Å². The number of carboxylic acids is 1. The number of likely N-dealkylation sites (N-methyl/N-ethyl adjacent to an activating group) is 1. The van der Waals surface area contributed by atoms with Gasteiger partial charge in [-0.2, -0.15) is 0 Å². The smallest absolute Gasteiger partial charge is 0.341 e. The molecule has 2 aliphatic heterocycles. The Hall–Kier alpha value is -2.61. The molecule has 0 aliphatic carbocycles. The number of hydrogen-bond donors (Lipinski definition) is 1. The molecule has 8 heteroatoms. The number of anilines is 1. The molecule has 0 amide bonds. The van der Waals surface area contributed by atoms with Crippen molar-refractivity contribution < 1.29 is 19.0 Å². The van der Waals surface area contributed by atoms with Crippen molar-refractivity contribution in [2.45, 2.75) is 13.0 Å². The lowest BCUT2D eigenvalue weighted by molar-refractivity contribution is 0.0694. The van der Waals surface area contributed by atoms with Crippen LogP contribution in [0.2, 0.25) is 0 Å². The Morgan fingerprint density at radius 1 is 1.31 bits per heavy atom. The van der Waals surface area contributed by atoms with Gasteiger partial charge in [0.2, 0.25) is 5.43 Å². The first-order chi connectivity index (χ1) is 12.4. The predicted octanol–water partition coefficient (Wildman–Crippen LogP) is 1.54. The summed E-state index contributed by atoms with van der Waals surface area (Å²) in [6.45, 7) is 5.08. The van der Waals surface area contributed by atoms with E-state index in [0.29, 0.717) is 30.0 Å². The molecule has 0 unspecified atom stereocenters. The molecule has 1 aromatic heterocycles. The van der Waals surface area contributed by atoms with Gasteiger partial charge in [-0.25, -0.2) is 9.18 Å². The van der Waals surface area contributed by atoms with E-state index in [-0.39, 0.29) is 23.6 Å². The zero-order valence-corrected chi connectivity index (χ0v) is 14.7. The number of benzene rings is 1. The normalized spacial score (nSPS) is 20.3. The lowest BCUT2D eigenvalue weighted by Gasteiger charge is -2.37. The van der Waals surface area contributed by atoms with Crippen LogP contribution in [0.25, 0.3) is 10.9 Å². The molecule has 7 nitrogen and oxygen atoms in total. The van der Waals surface area contributed by atoms with Gasteiger partial charge in [0.15, 0.2) is 11.6 Å². The molecule has 1 atom stereocenters. The Bertz CT molecular complexity index is 963. The number of piperazine rings is 1. The van der Waals surface area contributed by atoms with E-state index < -0.39 is 17.2 Å². The summed E-state index contributed by atoms with van der Waals surface area (Å²) in [5, 5.41) is 9.36. The third-order valence-electron chi connectivity index (χ3n) is 5.19. The molecule has 1 aromatic carbocycles. The minimum atomic E-state index is -1.32. The minimum absolute atomic E-state index is 0.0434. The van der Waals surface area contributed by atoms with Crippen LogP contribution in [0.1, 0.15) is 23.3 Å². The average Bonchev–Trinajstić information content (AvgIpc) is 2.60. The van der Waals surface area contributed by atoms with Gasteiger partial charge >= 0.3 is 5.97 Å². The highest BCUT2D eigenvalue weighted by atomic mass is 19.1. The first-order valence-electron chi connectivity index (χ1n) is 8.59. The van der Waals surface area contributed by atoms with E-state index in [9.17, 15) is 19.1 Å². The van der Waals surface area contributed by atoms with Crippen molar-refractivity contribution in [3.63, 3.8) is 0 Å². The summed E-state index contributed by atoms with van der Waals surface area (Å²) in [6.07, 6.45) is 1.34. The number of aromatic carboxylic acids is 1. The van der Waals surface area contributed by atoms with E-state index >= 15 is 0 Å². The molecular formula is C18H20FN3O4. The van der Waals surface area contributed by atoms with Gasteiger partial charge in [-0.05, 0) is 20.0 Å². The van der Waals surface area contributed by atoms with Gasteiger partial charge in [-0.3, -0.25) is 4.79 Å². The van der Waals surface area contributed by atoms with Gasteiger partial charge in [0.1, 0.15) is 17.9 Å². The topological polar surface area (TPSA) is 75.0 Å². The Balaban J connectivity index is 2.00. The zero-order chi connectivity index (χ0) is 18.6. The van der Waals surface area contributed by atoms with Gasteiger partial charge in [0.25, 0.3) is 0 Å². The third kappa shape index (κ3) is 2.44. The van der Waals surface area contributed by atoms with Crippen molar-refractivity contribution in [1.29, 1.82) is 0 Å². The van der Waals surface area contributed by atoms with Crippen molar-refractivity contribution in [3.8, 4) is 5.75 Å². The van der Waals surface area contributed by atoms with Crippen LogP contribution in [-0.4, -0.2) is 60.4 Å². The number of nitrogens with zero attached hydrogens (tertiary/aromatic N) is 3. The number of rotatable bonds is 2. The molecule has 2 aliphatic rings. The minimum Gasteiger partial charge on any atom is -0.487 e. The Morgan fingerprint density at radius 3 is 2.65 bits per heavy atom. The van der Waals surface area contributed by atoms with Crippen LogP contribution >= 0.6 is 0 Å². The summed E-state index contributed by atoms with van der Waals surface area (Å²) in [7, 11) is 2.02. The number of carbonyl (C=O) groups is 1. The molecule has 26 heavy (non-hydrogen) atoms. The SMILES string of the molecule is C[C@@H]1COc2c(N3CCN(C)CC3)c(F)cc3c(=O)c(C(=O)O)cn1c23. The van der Waals surface area contributed by atoms with Crippen LogP contribution in [0.15, 0.2) is 17.1 Å². The number of carboxylic acid groups (broad SMARTS) is 1. The van der Waals surface area contributed by atoms with E-state index in [4.69, 9.17) is 4.74 Å². The molecule has 0 radical (unpaired) electrons. The van der Waals surface area contributed by atoms with E-state index in [1.165, 1.54) is 6.20 Å². The lowest BCUT2D eigenvalue weighted by Crippen LogP contribution is -2.45. The van der Waals surface area contributed by atoms with Crippen molar-refractivity contribution in [2.24, 2.45) is 0 Å². The summed E-state index contributed by atoms with van der Waals surface area (Å²) in [5.74, 6) is -1.54. The number of halogens is 1. The second kappa shape index (κ2) is 5.98. The van der Waals surface area contributed by atoms with Gasteiger partial charge in [-0.1, -0.05) is 0 Å². The van der Waals surface area contributed by atoms with E-state index in [2.05, 4.69) is 4.90 Å². The Morgan fingerprint density at radius 2 is 2.00 bits per heavy atom. The first kappa shape index (κ1) is 16.8. The molecule has 4 rings (SSSR count). The molecule has 0 saturated carbocycles. The van der Waals surface area contributed by atoms with Crippen LogP contribution in [0.4, 0.5) is 10.1 Å². The highest BCUT2D eigenvalue weighted by Crippen LogP contribution is 2.42. The predicted molar refractivity (Wildman–Crippen MR) is 95.0 cm³/mol. The van der Waals surface area contributed by atoms with Crippen LogP contribution in [0, 0.1) is 5.82 Å². The molecule has 1 fully saturated rings. The van der Waals surface area contributed by atoms with Gasteiger partial charge in [0, 0.05) is 32.4 Å². The van der Waals surface area contributed by atoms with Crippen molar-refractivity contribution in [1.82, 2.24) is 9.47 Å². The number of ether oxygens (including phenoxy) is 1. The van der Waals surface area contributed by atoms with Crippen LogP contribution < -0.4 is 15.1 Å². The quantitative estimate of drug-likeness (QED) is 0.875. The Kier molecular flexibility index (Phi) is 3.87. The van der Waals surface area contributed by atoms with E-state index in [1.54, 1.807) is 4.57 Å². The monoisotopic (exact) mass is 361 g/mol. The highest BCUT2D eigenvalue weighted by molar-refractivity contribution is 5.97. The number of hydrogen-bond acceptors (Lipinski definition) is 5. The fraction of sp³-hybridized carbons (Fsp3) is 0.444. The second-order valence-electron chi connectivity index (χ2n) is 6.97. The number of aromatic nitrogens is 1. The maximum atomic E-state index is 15.0. The summed E-state index contributed by atoms with van der Waals surface area (Å²) in [4.78, 5) is 28.1. The van der Waals surface area contributed by atoms with Crippen molar-refractivity contribution >= 4 is 22.6 Å². The van der Waals surface area contributed by atoms with Crippen LogP contribution in [0.3, 0.4) is 0 Å². The number of pyridine rings is 1. The second-order valence-corrected chi connectivity index (χ2v) is 6.97. The molecule has 0 bridgehead atoms. The summed E-state index contributed by atoms with van der Waals surface area (Å²) in [5.41, 5.74) is -0.224. The third-order valence-corrected chi connectivity index (χ3v) is 5.19. The van der Waals surface area contributed by atoms with Gasteiger partial charge in [0.05, 0.1) is 16.9 Å². The largest absolute Gasteiger partial charge is 0.487 e. The Labute approximate surface area is 149 Å². The first-order valence-corrected chi connectivity index (χ1v) is 8.59. The van der Waals surface area contributed by atoms with E-state index in [1.807, 2.05) is 18.9 Å².